The van der Waals surface area contributed by atoms with Crippen LogP contribution in [0.15, 0.2) is 46.3 Å². The van der Waals surface area contributed by atoms with Crippen LogP contribution in [0.3, 0.4) is 0 Å². The highest BCUT2D eigenvalue weighted by molar-refractivity contribution is 9.11. The van der Waals surface area contributed by atoms with E-state index in [0.29, 0.717) is 18.4 Å². The van der Waals surface area contributed by atoms with Gasteiger partial charge in [-0.15, -0.1) is 11.3 Å². The maximum Gasteiger partial charge on any atom is 0.263 e. The molecule has 5 heteroatoms. The van der Waals surface area contributed by atoms with E-state index in [9.17, 15) is 4.79 Å². The summed E-state index contributed by atoms with van der Waals surface area (Å²) in [6.45, 7) is 2.10. The van der Waals surface area contributed by atoms with Gasteiger partial charge in [-0.2, -0.15) is 0 Å². The van der Waals surface area contributed by atoms with Gasteiger partial charge in [0.1, 0.15) is 0 Å². The Labute approximate surface area is 136 Å². The van der Waals surface area contributed by atoms with Crippen molar-refractivity contribution in [2.24, 2.45) is 11.7 Å². The van der Waals surface area contributed by atoms with Crippen molar-refractivity contribution in [2.75, 3.05) is 19.6 Å². The van der Waals surface area contributed by atoms with Gasteiger partial charge in [0.25, 0.3) is 5.91 Å². The molecule has 21 heavy (non-hydrogen) atoms. The van der Waals surface area contributed by atoms with Crippen molar-refractivity contribution in [3.63, 3.8) is 0 Å². The van der Waals surface area contributed by atoms with Crippen LogP contribution in [0.2, 0.25) is 0 Å². The molecule has 0 aliphatic carbocycles. The average molecular weight is 365 g/mol. The molecule has 2 atom stereocenters. The second-order valence-corrected chi connectivity index (χ2v) is 7.79. The van der Waals surface area contributed by atoms with Gasteiger partial charge in [-0.1, -0.05) is 30.3 Å². The van der Waals surface area contributed by atoms with Gasteiger partial charge in [0.2, 0.25) is 0 Å². The summed E-state index contributed by atoms with van der Waals surface area (Å²) in [5.41, 5.74) is 7.20. The Hall–Kier alpha value is -1.17. The minimum Gasteiger partial charge on any atom is -0.337 e. The van der Waals surface area contributed by atoms with E-state index in [-0.39, 0.29) is 5.91 Å². The highest BCUT2D eigenvalue weighted by atomic mass is 79.9. The quantitative estimate of drug-likeness (QED) is 0.907. The predicted molar refractivity (Wildman–Crippen MR) is 89.6 cm³/mol. The normalized spacial score (nSPS) is 21.7. The van der Waals surface area contributed by atoms with Gasteiger partial charge in [0.05, 0.1) is 8.66 Å². The third-order valence-electron chi connectivity index (χ3n) is 4.04. The van der Waals surface area contributed by atoms with Crippen LogP contribution in [0.4, 0.5) is 0 Å². The zero-order chi connectivity index (χ0) is 14.8. The van der Waals surface area contributed by atoms with Gasteiger partial charge in [0, 0.05) is 19.0 Å². The van der Waals surface area contributed by atoms with Crippen molar-refractivity contribution in [1.29, 1.82) is 0 Å². The van der Waals surface area contributed by atoms with Crippen LogP contribution >= 0.6 is 27.3 Å². The van der Waals surface area contributed by atoms with E-state index in [4.69, 9.17) is 5.73 Å². The smallest absolute Gasteiger partial charge is 0.263 e. The van der Waals surface area contributed by atoms with E-state index in [0.717, 1.165) is 21.8 Å². The van der Waals surface area contributed by atoms with Crippen LogP contribution in [-0.4, -0.2) is 30.4 Å². The minimum atomic E-state index is 0.114. The molecule has 0 unspecified atom stereocenters. The Morgan fingerprint density at radius 2 is 2.00 bits per heavy atom. The summed E-state index contributed by atoms with van der Waals surface area (Å²) in [5.74, 6) is 0.783. The standard InChI is InChI=1S/C16H17BrN2OS/c17-15-7-6-14(21-15)16(20)19-9-12(8-18)13(10-19)11-4-2-1-3-5-11/h1-7,12-13H,8-10,18H2/t12-,13+/m1/s1. The molecule has 0 bridgehead atoms. The van der Waals surface area contributed by atoms with Crippen molar-refractivity contribution >= 4 is 33.2 Å². The molecular formula is C16H17BrN2OS. The van der Waals surface area contributed by atoms with E-state index in [1.54, 1.807) is 0 Å². The van der Waals surface area contributed by atoms with E-state index in [1.165, 1.54) is 16.9 Å². The van der Waals surface area contributed by atoms with Crippen LogP contribution < -0.4 is 5.73 Å². The largest absolute Gasteiger partial charge is 0.337 e. The fourth-order valence-corrected chi connectivity index (χ4v) is 4.29. The SMILES string of the molecule is NC[C@@H]1CN(C(=O)c2ccc(Br)s2)C[C@H]1c1ccccc1. The van der Waals surface area contributed by atoms with Crippen LogP contribution in [-0.2, 0) is 0 Å². The maximum atomic E-state index is 12.6. The fourth-order valence-electron chi connectivity index (χ4n) is 2.94. The molecule has 1 aliphatic rings. The summed E-state index contributed by atoms with van der Waals surface area (Å²) in [6.07, 6.45) is 0. The zero-order valence-corrected chi connectivity index (χ0v) is 13.9. The number of benzene rings is 1. The van der Waals surface area contributed by atoms with E-state index in [2.05, 4.69) is 28.1 Å². The lowest BCUT2D eigenvalue weighted by Gasteiger charge is -2.16. The Bertz CT molecular complexity index is 628. The lowest BCUT2D eigenvalue weighted by Crippen LogP contribution is -2.29. The average Bonchev–Trinajstić information content (AvgIpc) is 3.13. The summed E-state index contributed by atoms with van der Waals surface area (Å²) in [6, 6.07) is 14.2. The number of hydrogen-bond acceptors (Lipinski definition) is 3. The Morgan fingerprint density at radius 1 is 1.24 bits per heavy atom. The molecular weight excluding hydrogens is 348 g/mol. The number of halogens is 1. The number of carbonyl (C=O) groups excluding carboxylic acids is 1. The molecule has 1 fully saturated rings. The fraction of sp³-hybridized carbons (Fsp3) is 0.312. The summed E-state index contributed by atoms with van der Waals surface area (Å²) >= 11 is 4.89. The molecule has 0 spiro atoms. The number of rotatable bonds is 3. The van der Waals surface area contributed by atoms with Gasteiger partial charge in [-0.25, -0.2) is 0 Å². The number of carbonyl (C=O) groups is 1. The maximum absolute atomic E-state index is 12.6. The van der Waals surface area contributed by atoms with Crippen LogP contribution in [0, 0.1) is 5.92 Å². The topological polar surface area (TPSA) is 46.3 Å². The number of nitrogens with zero attached hydrogens (tertiary/aromatic N) is 1. The molecule has 0 radical (unpaired) electrons. The molecule has 1 amide bonds. The molecule has 0 saturated carbocycles. The minimum absolute atomic E-state index is 0.114. The van der Waals surface area contributed by atoms with Gasteiger partial charge in [-0.05, 0) is 46.1 Å². The van der Waals surface area contributed by atoms with Crippen molar-refractivity contribution in [2.45, 2.75) is 5.92 Å². The second-order valence-electron chi connectivity index (χ2n) is 5.33. The van der Waals surface area contributed by atoms with Crippen molar-refractivity contribution in [3.8, 4) is 0 Å². The van der Waals surface area contributed by atoms with E-state index >= 15 is 0 Å². The predicted octanol–water partition coefficient (Wildman–Crippen LogP) is 3.33. The summed E-state index contributed by atoms with van der Waals surface area (Å²) in [4.78, 5) is 15.3. The number of likely N-dealkylation sites (tertiary alicyclic amines) is 1. The molecule has 2 N–H and O–H groups in total. The molecule has 2 aromatic rings. The molecule has 1 aromatic carbocycles. The van der Waals surface area contributed by atoms with Crippen LogP contribution in [0.1, 0.15) is 21.2 Å². The third-order valence-corrected chi connectivity index (χ3v) is 5.65. The first-order valence-corrected chi connectivity index (χ1v) is 8.59. The first kappa shape index (κ1) is 14.8. The van der Waals surface area contributed by atoms with Gasteiger partial charge in [-0.3, -0.25) is 4.79 Å². The number of thiophene rings is 1. The Kier molecular flexibility index (Phi) is 4.42. The third kappa shape index (κ3) is 3.05. The van der Waals surface area contributed by atoms with Gasteiger partial charge >= 0.3 is 0 Å². The van der Waals surface area contributed by atoms with Crippen molar-refractivity contribution < 1.29 is 4.79 Å². The highest BCUT2D eigenvalue weighted by Gasteiger charge is 2.35. The first-order chi connectivity index (χ1) is 10.2. The van der Waals surface area contributed by atoms with Crippen LogP contribution in [0.5, 0.6) is 0 Å². The number of hydrogen-bond donors (Lipinski definition) is 1. The van der Waals surface area contributed by atoms with Crippen molar-refractivity contribution in [3.05, 3.63) is 56.7 Å². The highest BCUT2D eigenvalue weighted by Crippen LogP contribution is 2.34. The Balaban J connectivity index is 1.79. The van der Waals surface area contributed by atoms with E-state index < -0.39 is 0 Å². The molecule has 110 valence electrons. The molecule has 2 heterocycles. The first-order valence-electron chi connectivity index (χ1n) is 6.98. The molecule has 1 aromatic heterocycles. The monoisotopic (exact) mass is 364 g/mol. The number of nitrogens with two attached hydrogens (primary N) is 1. The Morgan fingerprint density at radius 3 is 2.62 bits per heavy atom. The van der Waals surface area contributed by atoms with Crippen molar-refractivity contribution in [1.82, 2.24) is 4.90 Å². The summed E-state index contributed by atoms with van der Waals surface area (Å²) in [7, 11) is 0. The zero-order valence-electron chi connectivity index (χ0n) is 11.5. The van der Waals surface area contributed by atoms with Gasteiger partial charge in [0.15, 0.2) is 0 Å². The molecule has 1 saturated heterocycles. The van der Waals surface area contributed by atoms with Crippen LogP contribution in [0.25, 0.3) is 0 Å². The molecule has 1 aliphatic heterocycles. The lowest BCUT2D eigenvalue weighted by molar-refractivity contribution is 0.0791. The molecule has 3 rings (SSSR count). The second kappa shape index (κ2) is 6.30. The summed E-state index contributed by atoms with van der Waals surface area (Å²) in [5, 5.41) is 0. The molecule has 3 nitrogen and oxygen atoms in total. The number of amides is 1. The summed E-state index contributed by atoms with van der Waals surface area (Å²) < 4.78 is 0.986. The lowest BCUT2D eigenvalue weighted by atomic mass is 9.89. The van der Waals surface area contributed by atoms with E-state index in [1.807, 2.05) is 35.2 Å². The van der Waals surface area contributed by atoms with Gasteiger partial charge < -0.3 is 10.6 Å².